The van der Waals surface area contributed by atoms with Gasteiger partial charge in [-0.15, -0.1) is 0 Å². The molecule has 1 aliphatic carbocycles. The molecule has 0 saturated heterocycles. The molecule has 1 amide bonds. The second kappa shape index (κ2) is 7.09. The third kappa shape index (κ3) is 3.90. The highest BCUT2D eigenvalue weighted by atomic mass is 16.4. The van der Waals surface area contributed by atoms with E-state index in [1.165, 1.54) is 0 Å². The Labute approximate surface area is 146 Å². The zero-order chi connectivity index (χ0) is 17.9. The van der Waals surface area contributed by atoms with Crippen LogP contribution in [0.3, 0.4) is 0 Å². The van der Waals surface area contributed by atoms with Crippen LogP contribution < -0.4 is 5.32 Å². The number of aliphatic carboxylic acids is 1. The first-order valence-electron chi connectivity index (χ1n) is 8.60. The lowest BCUT2D eigenvalue weighted by molar-refractivity contribution is -0.138. The first kappa shape index (κ1) is 17.2. The summed E-state index contributed by atoms with van der Waals surface area (Å²) in [6.07, 6.45) is 4.84. The molecule has 2 N–H and O–H groups in total. The molecule has 0 aliphatic heterocycles. The highest BCUT2D eigenvalue weighted by Gasteiger charge is 2.38. The lowest BCUT2D eigenvalue weighted by Gasteiger charge is -2.28. The fourth-order valence-electron chi connectivity index (χ4n) is 3.58. The SMILES string of the molecule is Cc1c(C(=O)NC2(CC(=O)O)CCCC2)cnn1Cc1ccccc1. The lowest BCUT2D eigenvalue weighted by Crippen LogP contribution is -2.47. The van der Waals surface area contributed by atoms with Gasteiger partial charge < -0.3 is 10.4 Å². The molecule has 3 rings (SSSR count). The largest absolute Gasteiger partial charge is 0.481 e. The van der Waals surface area contributed by atoms with Gasteiger partial charge in [-0.1, -0.05) is 43.2 Å². The van der Waals surface area contributed by atoms with Gasteiger partial charge in [-0.25, -0.2) is 0 Å². The summed E-state index contributed by atoms with van der Waals surface area (Å²) in [7, 11) is 0. The number of carbonyl (C=O) groups excluding carboxylic acids is 1. The maximum Gasteiger partial charge on any atom is 0.305 e. The van der Waals surface area contributed by atoms with Gasteiger partial charge in [0.25, 0.3) is 5.91 Å². The smallest absolute Gasteiger partial charge is 0.305 e. The highest BCUT2D eigenvalue weighted by Crippen LogP contribution is 2.33. The van der Waals surface area contributed by atoms with Crippen LogP contribution in [0.15, 0.2) is 36.5 Å². The summed E-state index contributed by atoms with van der Waals surface area (Å²) in [5, 5.41) is 16.5. The summed E-state index contributed by atoms with van der Waals surface area (Å²) in [4.78, 5) is 23.9. The predicted octanol–water partition coefficient (Wildman–Crippen LogP) is 2.76. The Bertz CT molecular complexity index is 761. The molecule has 25 heavy (non-hydrogen) atoms. The van der Waals surface area contributed by atoms with Gasteiger partial charge in [0.05, 0.1) is 30.3 Å². The Morgan fingerprint density at radius 3 is 2.56 bits per heavy atom. The van der Waals surface area contributed by atoms with Crippen molar-refractivity contribution in [1.29, 1.82) is 0 Å². The van der Waals surface area contributed by atoms with Gasteiger partial charge in [-0.05, 0) is 25.3 Å². The third-order valence-electron chi connectivity index (χ3n) is 4.95. The minimum absolute atomic E-state index is 0.0318. The summed E-state index contributed by atoms with van der Waals surface area (Å²) < 4.78 is 1.79. The first-order valence-corrected chi connectivity index (χ1v) is 8.60. The number of amides is 1. The lowest BCUT2D eigenvalue weighted by atomic mass is 9.92. The van der Waals surface area contributed by atoms with Crippen LogP contribution in [0.25, 0.3) is 0 Å². The second-order valence-corrected chi connectivity index (χ2v) is 6.80. The van der Waals surface area contributed by atoms with Crippen molar-refractivity contribution in [2.24, 2.45) is 0 Å². The number of nitrogens with zero attached hydrogens (tertiary/aromatic N) is 2. The molecule has 2 aromatic rings. The summed E-state index contributed by atoms with van der Waals surface area (Å²) in [5.74, 6) is -1.11. The van der Waals surface area contributed by atoms with E-state index < -0.39 is 11.5 Å². The van der Waals surface area contributed by atoms with E-state index in [2.05, 4.69) is 10.4 Å². The molecule has 6 heteroatoms. The first-order chi connectivity index (χ1) is 12.0. The van der Waals surface area contributed by atoms with Crippen molar-refractivity contribution >= 4 is 11.9 Å². The molecule has 0 unspecified atom stereocenters. The quantitative estimate of drug-likeness (QED) is 0.846. The number of hydrogen-bond acceptors (Lipinski definition) is 3. The zero-order valence-electron chi connectivity index (χ0n) is 14.4. The normalized spacial score (nSPS) is 15.9. The van der Waals surface area contributed by atoms with Gasteiger partial charge in [-0.3, -0.25) is 14.3 Å². The topological polar surface area (TPSA) is 84.2 Å². The number of benzene rings is 1. The minimum Gasteiger partial charge on any atom is -0.481 e. The number of carboxylic acids is 1. The predicted molar refractivity (Wildman–Crippen MR) is 93.4 cm³/mol. The number of carboxylic acid groups (broad SMARTS) is 1. The number of hydrogen-bond donors (Lipinski definition) is 2. The average Bonchev–Trinajstić information content (AvgIpc) is 3.15. The Kier molecular flexibility index (Phi) is 4.88. The van der Waals surface area contributed by atoms with E-state index in [0.717, 1.165) is 24.1 Å². The zero-order valence-corrected chi connectivity index (χ0v) is 14.4. The van der Waals surface area contributed by atoms with Crippen LogP contribution in [0.2, 0.25) is 0 Å². The molecular weight excluding hydrogens is 318 g/mol. The molecule has 0 spiro atoms. The van der Waals surface area contributed by atoms with Crippen LogP contribution >= 0.6 is 0 Å². The van der Waals surface area contributed by atoms with Gasteiger partial charge in [0, 0.05) is 5.69 Å². The molecule has 0 bridgehead atoms. The van der Waals surface area contributed by atoms with E-state index in [1.54, 1.807) is 10.9 Å². The van der Waals surface area contributed by atoms with Crippen LogP contribution in [0, 0.1) is 6.92 Å². The molecule has 132 valence electrons. The van der Waals surface area contributed by atoms with Crippen molar-refractivity contribution in [3.8, 4) is 0 Å². The standard InChI is InChI=1S/C19H23N3O3/c1-14-16(12-20-22(14)13-15-7-3-2-4-8-15)18(25)21-19(11-17(23)24)9-5-6-10-19/h2-4,7-8,12H,5-6,9-11,13H2,1H3,(H,21,25)(H,23,24). The number of rotatable bonds is 6. The molecule has 1 saturated carbocycles. The van der Waals surface area contributed by atoms with Crippen LogP contribution in [0.5, 0.6) is 0 Å². The molecular formula is C19H23N3O3. The van der Waals surface area contributed by atoms with E-state index >= 15 is 0 Å². The Morgan fingerprint density at radius 1 is 1.24 bits per heavy atom. The van der Waals surface area contributed by atoms with Crippen LogP contribution in [-0.2, 0) is 11.3 Å². The molecule has 1 aromatic heterocycles. The van der Waals surface area contributed by atoms with Gasteiger partial charge in [0.1, 0.15) is 0 Å². The Morgan fingerprint density at radius 2 is 1.92 bits per heavy atom. The molecule has 1 heterocycles. The van der Waals surface area contributed by atoms with E-state index in [0.29, 0.717) is 24.9 Å². The fraction of sp³-hybridized carbons (Fsp3) is 0.421. The van der Waals surface area contributed by atoms with E-state index in [9.17, 15) is 14.7 Å². The van der Waals surface area contributed by atoms with Crippen LogP contribution in [0.1, 0.15) is 53.7 Å². The van der Waals surface area contributed by atoms with Crippen molar-refractivity contribution in [2.45, 2.75) is 51.1 Å². The summed E-state index contributed by atoms with van der Waals surface area (Å²) in [5.41, 5.74) is 1.77. The van der Waals surface area contributed by atoms with E-state index in [4.69, 9.17) is 0 Å². The van der Waals surface area contributed by atoms with Crippen LogP contribution in [-0.4, -0.2) is 32.3 Å². The van der Waals surface area contributed by atoms with Gasteiger partial charge in [-0.2, -0.15) is 5.10 Å². The van der Waals surface area contributed by atoms with Crippen molar-refractivity contribution in [2.75, 3.05) is 0 Å². The summed E-state index contributed by atoms with van der Waals surface area (Å²) >= 11 is 0. The number of carbonyl (C=O) groups is 2. The van der Waals surface area contributed by atoms with Gasteiger partial charge in [0.15, 0.2) is 0 Å². The van der Waals surface area contributed by atoms with Gasteiger partial charge >= 0.3 is 5.97 Å². The van der Waals surface area contributed by atoms with Crippen molar-refractivity contribution in [3.63, 3.8) is 0 Å². The molecule has 1 aliphatic rings. The molecule has 0 atom stereocenters. The molecule has 0 radical (unpaired) electrons. The summed E-state index contributed by atoms with van der Waals surface area (Å²) in [6.45, 7) is 2.46. The van der Waals surface area contributed by atoms with Crippen LogP contribution in [0.4, 0.5) is 0 Å². The molecule has 1 fully saturated rings. The molecule has 6 nitrogen and oxygen atoms in total. The van der Waals surface area contributed by atoms with Crippen molar-refractivity contribution in [3.05, 3.63) is 53.3 Å². The second-order valence-electron chi connectivity index (χ2n) is 6.80. The van der Waals surface area contributed by atoms with E-state index in [-0.39, 0.29) is 12.3 Å². The number of aromatic nitrogens is 2. The van der Waals surface area contributed by atoms with Gasteiger partial charge in [0.2, 0.25) is 0 Å². The van der Waals surface area contributed by atoms with Crippen molar-refractivity contribution in [1.82, 2.24) is 15.1 Å². The third-order valence-corrected chi connectivity index (χ3v) is 4.95. The molecule has 1 aromatic carbocycles. The monoisotopic (exact) mass is 341 g/mol. The van der Waals surface area contributed by atoms with E-state index in [1.807, 2.05) is 37.3 Å². The maximum absolute atomic E-state index is 12.7. The number of nitrogens with one attached hydrogen (secondary N) is 1. The Balaban J connectivity index is 1.75. The summed E-state index contributed by atoms with van der Waals surface area (Å²) in [6, 6.07) is 9.93. The average molecular weight is 341 g/mol. The highest BCUT2D eigenvalue weighted by molar-refractivity contribution is 5.95. The maximum atomic E-state index is 12.7. The fourth-order valence-corrected chi connectivity index (χ4v) is 3.58. The Hall–Kier alpha value is -2.63. The van der Waals surface area contributed by atoms with Crippen molar-refractivity contribution < 1.29 is 14.7 Å². The minimum atomic E-state index is -0.876.